The van der Waals surface area contributed by atoms with Crippen molar-refractivity contribution in [3.63, 3.8) is 0 Å². The third-order valence-electron chi connectivity index (χ3n) is 3.77. The fourth-order valence-electron chi connectivity index (χ4n) is 2.47. The Morgan fingerprint density at radius 1 is 0.923 bits per heavy atom. The molecule has 0 unspecified atom stereocenters. The molecule has 0 aliphatic carbocycles. The van der Waals surface area contributed by atoms with Crippen molar-refractivity contribution in [1.82, 2.24) is 9.97 Å². The van der Waals surface area contributed by atoms with Gasteiger partial charge in [0.15, 0.2) is 0 Å². The number of benzene rings is 2. The van der Waals surface area contributed by atoms with Crippen LogP contribution in [0.4, 0.5) is 28.7 Å². The first-order valence-electron chi connectivity index (χ1n) is 8.51. The number of hydrogen-bond donors (Lipinski definition) is 2. The van der Waals surface area contributed by atoms with Gasteiger partial charge in [-0.1, -0.05) is 12.1 Å². The lowest BCUT2D eigenvalue weighted by molar-refractivity contribution is 0.342. The van der Waals surface area contributed by atoms with Gasteiger partial charge in [-0.2, -0.15) is 0 Å². The number of ether oxygens (including phenoxy) is 1. The minimum atomic E-state index is 0.609. The molecule has 0 saturated carbocycles. The van der Waals surface area contributed by atoms with E-state index in [0.29, 0.717) is 18.2 Å². The lowest BCUT2D eigenvalue weighted by Gasteiger charge is -2.14. The van der Waals surface area contributed by atoms with Crippen LogP contribution >= 0.6 is 0 Å². The summed E-state index contributed by atoms with van der Waals surface area (Å²) in [5.41, 5.74) is 2.98. The summed E-state index contributed by atoms with van der Waals surface area (Å²) >= 11 is 0. The van der Waals surface area contributed by atoms with Crippen LogP contribution in [-0.2, 0) is 0 Å². The third kappa shape index (κ3) is 4.42. The molecule has 2 N–H and O–H groups in total. The number of rotatable bonds is 7. The van der Waals surface area contributed by atoms with E-state index >= 15 is 0 Å². The van der Waals surface area contributed by atoms with Gasteiger partial charge in [-0.25, -0.2) is 9.97 Å². The van der Waals surface area contributed by atoms with E-state index in [-0.39, 0.29) is 0 Å². The largest absolute Gasteiger partial charge is 0.492 e. The zero-order valence-corrected chi connectivity index (χ0v) is 15.2. The second-order valence-corrected chi connectivity index (χ2v) is 5.91. The fourth-order valence-corrected chi connectivity index (χ4v) is 2.47. The van der Waals surface area contributed by atoms with E-state index < -0.39 is 0 Å². The molecule has 0 bridgehead atoms. The summed E-state index contributed by atoms with van der Waals surface area (Å²) in [4.78, 5) is 10.6. The van der Waals surface area contributed by atoms with Gasteiger partial charge in [-0.05, 0) is 43.3 Å². The zero-order chi connectivity index (χ0) is 18.4. The summed E-state index contributed by atoms with van der Waals surface area (Å²) in [6, 6.07) is 17.8. The highest BCUT2D eigenvalue weighted by Crippen LogP contribution is 2.27. The Bertz CT molecular complexity index is 849. The molecule has 0 amide bonds. The van der Waals surface area contributed by atoms with Gasteiger partial charge in [-0.15, -0.1) is 0 Å². The summed E-state index contributed by atoms with van der Waals surface area (Å²) in [5.74, 6) is 2.20. The molecule has 2 aromatic carbocycles. The van der Waals surface area contributed by atoms with Gasteiger partial charge in [0.05, 0.1) is 12.3 Å². The number of para-hydroxylation sites is 2. The maximum atomic E-state index is 5.64. The molecular formula is C20H23N5O. The first-order chi connectivity index (χ1) is 12.7. The molecule has 3 aromatic rings. The number of nitrogens with zero attached hydrogens (tertiary/aromatic N) is 3. The van der Waals surface area contributed by atoms with Crippen molar-refractivity contribution in [1.29, 1.82) is 0 Å². The van der Waals surface area contributed by atoms with Crippen LogP contribution in [-0.4, -0.2) is 30.7 Å². The summed E-state index contributed by atoms with van der Waals surface area (Å²) in [6.07, 6.45) is 1.53. The Morgan fingerprint density at radius 2 is 1.62 bits per heavy atom. The molecule has 0 aliphatic heterocycles. The summed E-state index contributed by atoms with van der Waals surface area (Å²) in [6.45, 7) is 2.57. The highest BCUT2D eigenvalue weighted by molar-refractivity contribution is 5.67. The van der Waals surface area contributed by atoms with E-state index in [1.807, 2.05) is 63.5 Å². The highest BCUT2D eigenvalue weighted by atomic mass is 16.5. The molecule has 1 aromatic heterocycles. The topological polar surface area (TPSA) is 62.3 Å². The molecule has 134 valence electrons. The van der Waals surface area contributed by atoms with Crippen LogP contribution < -0.4 is 20.3 Å². The van der Waals surface area contributed by atoms with Gasteiger partial charge in [0.2, 0.25) is 0 Å². The summed E-state index contributed by atoms with van der Waals surface area (Å²) in [7, 11) is 4.04. The first kappa shape index (κ1) is 17.5. The summed E-state index contributed by atoms with van der Waals surface area (Å²) < 4.78 is 5.64. The Labute approximate surface area is 153 Å². The Hall–Kier alpha value is -3.28. The smallest absolute Gasteiger partial charge is 0.142 e. The van der Waals surface area contributed by atoms with Gasteiger partial charge < -0.3 is 20.3 Å². The Morgan fingerprint density at radius 3 is 2.31 bits per heavy atom. The van der Waals surface area contributed by atoms with Crippen molar-refractivity contribution in [2.45, 2.75) is 6.92 Å². The van der Waals surface area contributed by atoms with E-state index in [2.05, 4.69) is 37.6 Å². The van der Waals surface area contributed by atoms with Crippen molar-refractivity contribution in [3.05, 3.63) is 60.9 Å². The van der Waals surface area contributed by atoms with Crippen LogP contribution in [0, 0.1) is 0 Å². The average Bonchev–Trinajstić information content (AvgIpc) is 2.64. The van der Waals surface area contributed by atoms with Crippen molar-refractivity contribution < 1.29 is 4.74 Å². The lowest BCUT2D eigenvalue weighted by atomic mass is 10.2. The van der Waals surface area contributed by atoms with Crippen molar-refractivity contribution >= 4 is 28.7 Å². The molecule has 6 heteroatoms. The first-order valence-corrected chi connectivity index (χ1v) is 8.51. The number of aromatic nitrogens is 2. The highest BCUT2D eigenvalue weighted by Gasteiger charge is 2.05. The molecule has 1 heterocycles. The number of nitrogens with one attached hydrogen (secondary N) is 2. The molecular weight excluding hydrogens is 326 g/mol. The predicted octanol–water partition coefficient (Wildman–Crippen LogP) is 4.43. The van der Waals surface area contributed by atoms with Crippen LogP contribution in [0.25, 0.3) is 0 Å². The van der Waals surface area contributed by atoms with Gasteiger partial charge in [0.25, 0.3) is 0 Å². The Balaban J connectivity index is 1.74. The van der Waals surface area contributed by atoms with Gasteiger partial charge in [-0.3, -0.25) is 0 Å². The monoisotopic (exact) mass is 349 g/mol. The van der Waals surface area contributed by atoms with Gasteiger partial charge in [0.1, 0.15) is 23.7 Å². The van der Waals surface area contributed by atoms with Crippen LogP contribution in [0.2, 0.25) is 0 Å². The number of hydrogen-bond acceptors (Lipinski definition) is 6. The molecule has 6 nitrogen and oxygen atoms in total. The third-order valence-corrected chi connectivity index (χ3v) is 3.77. The van der Waals surface area contributed by atoms with Crippen molar-refractivity contribution in [2.24, 2.45) is 0 Å². The Kier molecular flexibility index (Phi) is 5.53. The maximum absolute atomic E-state index is 5.64. The van der Waals surface area contributed by atoms with E-state index in [9.17, 15) is 0 Å². The SMILES string of the molecule is CCOc1ccccc1Nc1cc(Nc2ccc(N(C)C)cc2)ncn1. The average molecular weight is 349 g/mol. The molecule has 0 fully saturated rings. The molecule has 26 heavy (non-hydrogen) atoms. The molecule has 0 radical (unpaired) electrons. The normalized spacial score (nSPS) is 10.3. The molecule has 0 saturated heterocycles. The molecule has 0 atom stereocenters. The number of anilines is 5. The maximum Gasteiger partial charge on any atom is 0.142 e. The van der Waals surface area contributed by atoms with Crippen LogP contribution in [0.3, 0.4) is 0 Å². The van der Waals surface area contributed by atoms with E-state index in [0.717, 1.165) is 22.8 Å². The minimum Gasteiger partial charge on any atom is -0.492 e. The van der Waals surface area contributed by atoms with Gasteiger partial charge >= 0.3 is 0 Å². The molecule has 0 spiro atoms. The predicted molar refractivity (Wildman–Crippen MR) is 107 cm³/mol. The second-order valence-electron chi connectivity index (χ2n) is 5.91. The van der Waals surface area contributed by atoms with E-state index in [1.165, 1.54) is 6.33 Å². The van der Waals surface area contributed by atoms with Crippen LogP contribution in [0.15, 0.2) is 60.9 Å². The van der Waals surface area contributed by atoms with Crippen LogP contribution in [0.5, 0.6) is 5.75 Å². The standard InChI is InChI=1S/C20H23N5O/c1-4-26-18-8-6-5-7-17(18)24-20-13-19(21-14-22-20)23-15-9-11-16(12-10-15)25(2)3/h5-14H,4H2,1-3H3,(H2,21,22,23,24). The molecule has 3 rings (SSSR count). The van der Waals surface area contributed by atoms with E-state index in [4.69, 9.17) is 4.74 Å². The minimum absolute atomic E-state index is 0.609. The lowest BCUT2D eigenvalue weighted by Crippen LogP contribution is -2.08. The molecule has 0 aliphatic rings. The van der Waals surface area contributed by atoms with Crippen molar-refractivity contribution in [3.8, 4) is 5.75 Å². The van der Waals surface area contributed by atoms with Crippen LogP contribution in [0.1, 0.15) is 6.92 Å². The van der Waals surface area contributed by atoms with E-state index in [1.54, 1.807) is 0 Å². The second kappa shape index (κ2) is 8.20. The van der Waals surface area contributed by atoms with Gasteiger partial charge in [0, 0.05) is 31.5 Å². The zero-order valence-electron chi connectivity index (χ0n) is 15.2. The summed E-state index contributed by atoms with van der Waals surface area (Å²) in [5, 5.41) is 6.58. The van der Waals surface area contributed by atoms with Crippen molar-refractivity contribution in [2.75, 3.05) is 36.2 Å². The quantitative estimate of drug-likeness (QED) is 0.658. The fraction of sp³-hybridized carbons (Fsp3) is 0.200.